The van der Waals surface area contributed by atoms with Crippen LogP contribution in [0.15, 0.2) is 34.1 Å². The van der Waals surface area contributed by atoms with Gasteiger partial charge < -0.3 is 4.74 Å². The number of thiazole rings is 1. The number of carbonyl (C=O) groups is 1. The molecule has 1 aliphatic heterocycles. The molecular formula is C13H11BrN2O2S. The molecule has 1 fully saturated rings. The first kappa shape index (κ1) is 12.6. The first-order valence-electron chi connectivity index (χ1n) is 5.82. The zero-order valence-corrected chi connectivity index (χ0v) is 12.6. The minimum atomic E-state index is -0.316. The molecule has 0 radical (unpaired) electrons. The second-order valence-corrected chi connectivity index (χ2v) is 6.07. The monoisotopic (exact) mass is 338 g/mol. The average Bonchev–Trinajstić information content (AvgIpc) is 2.98. The maximum absolute atomic E-state index is 11.6. The topological polar surface area (TPSA) is 42.4 Å². The molecule has 1 aliphatic rings. The molecule has 0 saturated carbocycles. The van der Waals surface area contributed by atoms with Gasteiger partial charge in [0.25, 0.3) is 0 Å². The molecule has 19 heavy (non-hydrogen) atoms. The Labute approximate surface area is 123 Å². The Balaban J connectivity index is 1.91. The predicted octanol–water partition coefficient (Wildman–Crippen LogP) is 3.92. The third kappa shape index (κ3) is 2.37. The van der Waals surface area contributed by atoms with Crippen LogP contribution in [-0.2, 0) is 4.74 Å². The molecule has 0 unspecified atom stereocenters. The highest BCUT2D eigenvalue weighted by molar-refractivity contribution is 9.10. The zero-order chi connectivity index (χ0) is 13.4. The first-order chi connectivity index (χ1) is 9.15. The lowest BCUT2D eigenvalue weighted by molar-refractivity contribution is 0.179. The number of benzene rings is 1. The van der Waals surface area contributed by atoms with Gasteiger partial charge in [0.1, 0.15) is 6.61 Å². The summed E-state index contributed by atoms with van der Waals surface area (Å²) in [5.41, 5.74) is 1.91. The van der Waals surface area contributed by atoms with E-state index in [0.717, 1.165) is 15.7 Å². The van der Waals surface area contributed by atoms with Crippen molar-refractivity contribution < 1.29 is 9.53 Å². The molecule has 0 spiro atoms. The van der Waals surface area contributed by atoms with E-state index in [4.69, 9.17) is 4.74 Å². The number of hydrogen-bond donors (Lipinski definition) is 0. The molecule has 1 atom stereocenters. The van der Waals surface area contributed by atoms with Crippen LogP contribution in [0.2, 0.25) is 0 Å². The number of rotatable bonds is 2. The van der Waals surface area contributed by atoms with E-state index >= 15 is 0 Å². The summed E-state index contributed by atoms with van der Waals surface area (Å²) in [6.07, 6.45) is -0.316. The first-order valence-corrected chi connectivity index (χ1v) is 7.50. The van der Waals surface area contributed by atoms with Crippen molar-refractivity contribution in [2.75, 3.05) is 11.5 Å². The summed E-state index contributed by atoms with van der Waals surface area (Å²) in [6, 6.07) is 7.97. The molecule has 1 saturated heterocycles. The quantitative estimate of drug-likeness (QED) is 0.833. The van der Waals surface area contributed by atoms with Crippen LogP contribution in [-0.4, -0.2) is 23.7 Å². The number of halogens is 1. The third-order valence-electron chi connectivity index (χ3n) is 2.92. The second-order valence-electron chi connectivity index (χ2n) is 4.32. The highest BCUT2D eigenvalue weighted by Gasteiger charge is 2.32. The van der Waals surface area contributed by atoms with Crippen LogP contribution in [0.4, 0.5) is 9.93 Å². The largest absolute Gasteiger partial charge is 0.447 e. The van der Waals surface area contributed by atoms with E-state index in [1.54, 1.807) is 4.90 Å². The van der Waals surface area contributed by atoms with Crippen LogP contribution in [0.3, 0.4) is 0 Å². The maximum Gasteiger partial charge on any atom is 0.416 e. The summed E-state index contributed by atoms with van der Waals surface area (Å²) in [5.74, 6) is 0. The van der Waals surface area contributed by atoms with E-state index in [2.05, 4.69) is 20.9 Å². The Morgan fingerprint density at radius 2 is 2.16 bits per heavy atom. The van der Waals surface area contributed by atoms with E-state index in [-0.39, 0.29) is 12.1 Å². The van der Waals surface area contributed by atoms with Crippen molar-refractivity contribution in [1.29, 1.82) is 0 Å². The zero-order valence-electron chi connectivity index (χ0n) is 10.2. The molecule has 4 nitrogen and oxygen atoms in total. The standard InChI is InChI=1S/C13H11BrN2O2S/c1-8-6-18-13(17)16(8)12-15-11(7-19-12)9-2-4-10(14)5-3-9/h2-5,7-8H,6H2,1H3/t8-/m1/s1. The number of carbonyl (C=O) groups excluding carboxylic acids is 1. The Morgan fingerprint density at radius 3 is 2.79 bits per heavy atom. The summed E-state index contributed by atoms with van der Waals surface area (Å²) >= 11 is 4.86. The van der Waals surface area contributed by atoms with E-state index in [1.807, 2.05) is 36.6 Å². The summed E-state index contributed by atoms with van der Waals surface area (Å²) in [5, 5.41) is 2.64. The van der Waals surface area contributed by atoms with E-state index < -0.39 is 0 Å². The fourth-order valence-electron chi connectivity index (χ4n) is 1.91. The van der Waals surface area contributed by atoms with Crippen LogP contribution >= 0.6 is 27.3 Å². The molecule has 1 aromatic carbocycles. The molecule has 0 aliphatic carbocycles. The van der Waals surface area contributed by atoms with Crippen LogP contribution in [0.5, 0.6) is 0 Å². The number of ether oxygens (including phenoxy) is 1. The summed E-state index contributed by atoms with van der Waals surface area (Å²) in [7, 11) is 0. The molecule has 1 amide bonds. The van der Waals surface area contributed by atoms with Gasteiger partial charge in [0.05, 0.1) is 11.7 Å². The van der Waals surface area contributed by atoms with Gasteiger partial charge >= 0.3 is 6.09 Å². The normalized spacial score (nSPS) is 18.7. The van der Waals surface area contributed by atoms with Gasteiger partial charge in [-0.25, -0.2) is 14.7 Å². The van der Waals surface area contributed by atoms with Gasteiger partial charge in [-0.05, 0) is 19.1 Å². The second kappa shape index (κ2) is 4.94. The lowest BCUT2D eigenvalue weighted by atomic mass is 10.2. The van der Waals surface area contributed by atoms with E-state index in [0.29, 0.717) is 11.7 Å². The predicted molar refractivity (Wildman–Crippen MR) is 78.5 cm³/mol. The fourth-order valence-corrected chi connectivity index (χ4v) is 3.10. The van der Waals surface area contributed by atoms with Crippen molar-refractivity contribution in [3.05, 3.63) is 34.1 Å². The molecule has 98 valence electrons. The molecule has 1 aromatic heterocycles. The fraction of sp³-hybridized carbons (Fsp3) is 0.231. The number of cyclic esters (lactones) is 1. The van der Waals surface area contributed by atoms with E-state index in [1.165, 1.54) is 11.3 Å². The van der Waals surface area contributed by atoms with Crippen LogP contribution < -0.4 is 4.90 Å². The van der Waals surface area contributed by atoms with Gasteiger partial charge in [-0.15, -0.1) is 11.3 Å². The Bertz CT molecular complexity index is 611. The number of anilines is 1. The molecule has 0 bridgehead atoms. The van der Waals surface area contributed by atoms with Crippen molar-refractivity contribution in [3.8, 4) is 11.3 Å². The summed E-state index contributed by atoms with van der Waals surface area (Å²) < 4.78 is 6.04. The van der Waals surface area contributed by atoms with Gasteiger partial charge in [-0.2, -0.15) is 0 Å². The molecule has 3 rings (SSSR count). The SMILES string of the molecule is C[C@@H]1COC(=O)N1c1nc(-c2ccc(Br)cc2)cs1. The lowest BCUT2D eigenvalue weighted by Crippen LogP contribution is -2.30. The smallest absolute Gasteiger partial charge is 0.416 e. The van der Waals surface area contributed by atoms with Crippen molar-refractivity contribution in [2.24, 2.45) is 0 Å². The number of nitrogens with zero attached hydrogens (tertiary/aromatic N) is 2. The van der Waals surface area contributed by atoms with Crippen LogP contribution in [0.1, 0.15) is 6.92 Å². The van der Waals surface area contributed by atoms with Gasteiger partial charge in [0, 0.05) is 15.4 Å². The number of hydrogen-bond acceptors (Lipinski definition) is 4. The molecule has 0 N–H and O–H groups in total. The van der Waals surface area contributed by atoms with Gasteiger partial charge in [-0.3, -0.25) is 0 Å². The van der Waals surface area contributed by atoms with Crippen molar-refractivity contribution >= 4 is 38.5 Å². The molecular weight excluding hydrogens is 328 g/mol. The van der Waals surface area contributed by atoms with E-state index in [9.17, 15) is 4.79 Å². The summed E-state index contributed by atoms with van der Waals surface area (Å²) in [6.45, 7) is 2.37. The lowest BCUT2D eigenvalue weighted by Gasteiger charge is -2.13. The maximum atomic E-state index is 11.6. The average molecular weight is 339 g/mol. The number of aromatic nitrogens is 1. The van der Waals surface area contributed by atoms with Crippen LogP contribution in [0.25, 0.3) is 11.3 Å². The van der Waals surface area contributed by atoms with Gasteiger partial charge in [0.2, 0.25) is 0 Å². The summed E-state index contributed by atoms with van der Waals surface area (Å²) in [4.78, 5) is 17.8. The third-order valence-corrected chi connectivity index (χ3v) is 4.29. The number of amides is 1. The van der Waals surface area contributed by atoms with Crippen molar-refractivity contribution in [2.45, 2.75) is 13.0 Å². The Kier molecular flexibility index (Phi) is 3.28. The van der Waals surface area contributed by atoms with Gasteiger partial charge in [-0.1, -0.05) is 28.1 Å². The minimum Gasteiger partial charge on any atom is -0.447 e. The molecule has 2 heterocycles. The highest BCUT2D eigenvalue weighted by Crippen LogP contribution is 2.31. The minimum absolute atomic E-state index is 0.0383. The Morgan fingerprint density at radius 1 is 1.42 bits per heavy atom. The molecule has 2 aromatic rings. The molecule has 6 heteroatoms. The van der Waals surface area contributed by atoms with Crippen LogP contribution in [0, 0.1) is 0 Å². The Hall–Kier alpha value is -1.40. The van der Waals surface area contributed by atoms with Crippen molar-refractivity contribution in [1.82, 2.24) is 4.98 Å². The highest BCUT2D eigenvalue weighted by atomic mass is 79.9. The van der Waals surface area contributed by atoms with Crippen molar-refractivity contribution in [3.63, 3.8) is 0 Å². The van der Waals surface area contributed by atoms with Gasteiger partial charge in [0.15, 0.2) is 5.13 Å².